The highest BCUT2D eigenvalue weighted by Gasteiger charge is 2.19. The van der Waals surface area contributed by atoms with Crippen molar-refractivity contribution in [2.45, 2.75) is 39.7 Å². The van der Waals surface area contributed by atoms with Crippen molar-refractivity contribution in [3.8, 4) is 6.07 Å². The zero-order chi connectivity index (χ0) is 12.8. The minimum Gasteiger partial charge on any atom is -0.334 e. The third-order valence-electron chi connectivity index (χ3n) is 2.57. The zero-order valence-electron chi connectivity index (χ0n) is 10.6. The van der Waals surface area contributed by atoms with Gasteiger partial charge in [-0.1, -0.05) is 6.92 Å². The van der Waals surface area contributed by atoms with Crippen LogP contribution >= 0.6 is 11.3 Å². The van der Waals surface area contributed by atoms with Crippen LogP contribution < -0.4 is 0 Å². The minimum atomic E-state index is 0.0416. The van der Waals surface area contributed by atoms with Gasteiger partial charge in [-0.25, -0.2) is 0 Å². The van der Waals surface area contributed by atoms with Gasteiger partial charge in [0.05, 0.1) is 17.4 Å². The first-order chi connectivity index (χ1) is 8.10. The fraction of sp³-hybridized carbons (Fsp3) is 0.538. The summed E-state index contributed by atoms with van der Waals surface area (Å²) in [6.45, 7) is 6.54. The molecule has 0 aliphatic rings. The van der Waals surface area contributed by atoms with Crippen molar-refractivity contribution in [2.75, 3.05) is 6.54 Å². The SMILES string of the molecule is CCc1ccc(C(=O)N(CCC#N)C(C)C)s1. The Morgan fingerprint density at radius 2 is 2.24 bits per heavy atom. The van der Waals surface area contributed by atoms with Crippen LogP contribution in [0, 0.1) is 11.3 Å². The van der Waals surface area contributed by atoms with Crippen LogP contribution in [0.2, 0.25) is 0 Å². The Labute approximate surface area is 107 Å². The molecule has 0 aliphatic heterocycles. The lowest BCUT2D eigenvalue weighted by Crippen LogP contribution is -2.37. The second kappa shape index (κ2) is 6.41. The van der Waals surface area contributed by atoms with Gasteiger partial charge in [0.15, 0.2) is 0 Å². The smallest absolute Gasteiger partial charge is 0.264 e. The van der Waals surface area contributed by atoms with E-state index < -0.39 is 0 Å². The van der Waals surface area contributed by atoms with Gasteiger partial charge in [-0.15, -0.1) is 11.3 Å². The first kappa shape index (κ1) is 13.7. The summed E-state index contributed by atoms with van der Waals surface area (Å²) in [7, 11) is 0. The second-order valence-corrected chi connectivity index (χ2v) is 5.29. The van der Waals surface area contributed by atoms with E-state index in [2.05, 4.69) is 13.0 Å². The Morgan fingerprint density at radius 1 is 1.53 bits per heavy atom. The quantitative estimate of drug-likeness (QED) is 0.806. The number of hydrogen-bond donors (Lipinski definition) is 0. The standard InChI is InChI=1S/C13H18N2OS/c1-4-11-6-7-12(17-11)13(16)15(10(2)3)9-5-8-14/h6-7,10H,4-5,9H2,1-3H3. The molecule has 0 fully saturated rings. The molecule has 0 bridgehead atoms. The summed E-state index contributed by atoms with van der Waals surface area (Å²) in [6, 6.07) is 6.10. The summed E-state index contributed by atoms with van der Waals surface area (Å²) >= 11 is 1.55. The van der Waals surface area contributed by atoms with Crippen molar-refractivity contribution in [1.29, 1.82) is 5.26 Å². The number of carbonyl (C=O) groups excluding carboxylic acids is 1. The number of thiophene rings is 1. The first-order valence-corrected chi connectivity index (χ1v) is 6.68. The highest BCUT2D eigenvalue weighted by molar-refractivity contribution is 7.14. The molecule has 0 aromatic carbocycles. The number of carbonyl (C=O) groups is 1. The maximum absolute atomic E-state index is 12.2. The molecule has 1 aromatic rings. The van der Waals surface area contributed by atoms with Gasteiger partial charge in [-0.3, -0.25) is 4.79 Å². The molecule has 4 heteroatoms. The van der Waals surface area contributed by atoms with Crippen molar-refractivity contribution in [3.63, 3.8) is 0 Å². The molecule has 92 valence electrons. The second-order valence-electron chi connectivity index (χ2n) is 4.12. The maximum Gasteiger partial charge on any atom is 0.264 e. The molecule has 0 spiro atoms. The van der Waals surface area contributed by atoms with Crippen LogP contribution in [0.4, 0.5) is 0 Å². The molecular weight excluding hydrogens is 232 g/mol. The van der Waals surface area contributed by atoms with E-state index >= 15 is 0 Å². The van der Waals surface area contributed by atoms with Crippen LogP contribution in [0.3, 0.4) is 0 Å². The minimum absolute atomic E-state index is 0.0416. The molecule has 1 amide bonds. The average Bonchev–Trinajstić information content (AvgIpc) is 2.77. The van der Waals surface area contributed by atoms with Gasteiger partial charge in [0, 0.05) is 17.5 Å². The summed E-state index contributed by atoms with van der Waals surface area (Å²) in [5.74, 6) is 0.0416. The fourth-order valence-electron chi connectivity index (χ4n) is 1.59. The van der Waals surface area contributed by atoms with Crippen molar-refractivity contribution in [3.05, 3.63) is 21.9 Å². The molecule has 0 radical (unpaired) electrons. The molecule has 0 N–H and O–H groups in total. The maximum atomic E-state index is 12.2. The molecule has 1 aromatic heterocycles. The van der Waals surface area contributed by atoms with E-state index in [1.807, 2.05) is 26.0 Å². The normalized spacial score (nSPS) is 10.3. The van der Waals surface area contributed by atoms with Gasteiger partial charge in [0.1, 0.15) is 0 Å². The van der Waals surface area contributed by atoms with Gasteiger partial charge in [0.25, 0.3) is 5.91 Å². The highest BCUT2D eigenvalue weighted by atomic mass is 32.1. The average molecular weight is 250 g/mol. The number of nitriles is 1. The zero-order valence-corrected chi connectivity index (χ0v) is 11.4. The third-order valence-corrected chi connectivity index (χ3v) is 3.79. The Kier molecular flexibility index (Phi) is 5.17. The molecule has 1 rings (SSSR count). The molecule has 3 nitrogen and oxygen atoms in total. The van der Waals surface area contributed by atoms with E-state index in [9.17, 15) is 4.79 Å². The van der Waals surface area contributed by atoms with Gasteiger partial charge >= 0.3 is 0 Å². The van der Waals surface area contributed by atoms with Crippen molar-refractivity contribution >= 4 is 17.2 Å². The number of rotatable bonds is 5. The molecule has 0 unspecified atom stereocenters. The van der Waals surface area contributed by atoms with E-state index in [1.165, 1.54) is 4.88 Å². The third kappa shape index (κ3) is 3.57. The topological polar surface area (TPSA) is 44.1 Å². The number of nitrogens with zero attached hydrogens (tertiary/aromatic N) is 2. The van der Waals surface area contributed by atoms with E-state index in [4.69, 9.17) is 5.26 Å². The molecule has 17 heavy (non-hydrogen) atoms. The molecule has 1 heterocycles. The van der Waals surface area contributed by atoms with Crippen molar-refractivity contribution in [2.24, 2.45) is 0 Å². The first-order valence-electron chi connectivity index (χ1n) is 5.86. The van der Waals surface area contributed by atoms with Crippen LogP contribution in [-0.4, -0.2) is 23.4 Å². The summed E-state index contributed by atoms with van der Waals surface area (Å²) in [5.41, 5.74) is 0. The lowest BCUT2D eigenvalue weighted by atomic mass is 10.2. The highest BCUT2D eigenvalue weighted by Crippen LogP contribution is 2.19. The molecule has 0 saturated heterocycles. The van der Waals surface area contributed by atoms with Crippen LogP contribution in [0.5, 0.6) is 0 Å². The van der Waals surface area contributed by atoms with Crippen LogP contribution in [0.1, 0.15) is 41.7 Å². The van der Waals surface area contributed by atoms with Crippen LogP contribution in [0.15, 0.2) is 12.1 Å². The van der Waals surface area contributed by atoms with Gasteiger partial charge in [-0.05, 0) is 32.4 Å². The van der Waals surface area contributed by atoms with Crippen LogP contribution in [-0.2, 0) is 6.42 Å². The Bertz CT molecular complexity index is 417. The molecule has 0 atom stereocenters. The van der Waals surface area contributed by atoms with Crippen molar-refractivity contribution < 1.29 is 4.79 Å². The fourth-order valence-corrected chi connectivity index (χ4v) is 2.49. The Morgan fingerprint density at radius 3 is 2.71 bits per heavy atom. The summed E-state index contributed by atoms with van der Waals surface area (Å²) in [4.78, 5) is 16.0. The Balaban J connectivity index is 2.80. The Hall–Kier alpha value is -1.34. The lowest BCUT2D eigenvalue weighted by molar-refractivity contribution is 0.0715. The predicted molar refractivity (Wildman–Crippen MR) is 70.1 cm³/mol. The number of aryl methyl sites for hydroxylation is 1. The van der Waals surface area contributed by atoms with E-state index in [-0.39, 0.29) is 11.9 Å². The lowest BCUT2D eigenvalue weighted by Gasteiger charge is -2.25. The van der Waals surface area contributed by atoms with E-state index in [0.29, 0.717) is 13.0 Å². The predicted octanol–water partition coefficient (Wildman–Crippen LogP) is 3.07. The summed E-state index contributed by atoms with van der Waals surface area (Å²) in [6.07, 6.45) is 1.34. The molecular formula is C13H18N2OS. The van der Waals surface area contributed by atoms with Gasteiger partial charge in [0.2, 0.25) is 0 Å². The van der Waals surface area contributed by atoms with Crippen molar-refractivity contribution in [1.82, 2.24) is 4.90 Å². The summed E-state index contributed by atoms with van der Waals surface area (Å²) < 4.78 is 0. The number of hydrogen-bond acceptors (Lipinski definition) is 3. The largest absolute Gasteiger partial charge is 0.334 e. The molecule has 0 aliphatic carbocycles. The number of amides is 1. The summed E-state index contributed by atoms with van der Waals surface area (Å²) in [5, 5.41) is 8.61. The van der Waals surface area contributed by atoms with Crippen LogP contribution in [0.25, 0.3) is 0 Å². The van der Waals surface area contributed by atoms with Gasteiger partial charge < -0.3 is 4.90 Å². The van der Waals surface area contributed by atoms with E-state index in [0.717, 1.165) is 11.3 Å². The molecule has 0 saturated carbocycles. The monoisotopic (exact) mass is 250 g/mol. The van der Waals surface area contributed by atoms with Gasteiger partial charge in [-0.2, -0.15) is 5.26 Å². The van der Waals surface area contributed by atoms with E-state index in [1.54, 1.807) is 16.2 Å².